The van der Waals surface area contributed by atoms with Crippen molar-refractivity contribution in [3.63, 3.8) is 0 Å². The molecule has 1 aliphatic rings. The van der Waals surface area contributed by atoms with Crippen LogP contribution < -0.4 is 0 Å². The summed E-state index contributed by atoms with van der Waals surface area (Å²) in [5.74, 6) is 0. The van der Waals surface area contributed by atoms with E-state index in [1.54, 1.807) is 29.8 Å². The standard InChI is InChI=1S/C24H20ClN5OS/c1-15-23(32-24(28-15)18-5-3-11-26-13-18)20-9-8-17-4-2-6-19(22(17)29-20)30-31-14-16-7-10-21(25)27-12-16/h3,5,7-13H,2,4,6,14H2,1H3/b30-19+. The van der Waals surface area contributed by atoms with E-state index in [9.17, 15) is 0 Å². The van der Waals surface area contributed by atoms with Crippen LogP contribution in [0.15, 0.2) is 60.1 Å². The van der Waals surface area contributed by atoms with Crippen molar-refractivity contribution >= 4 is 28.6 Å². The molecule has 0 aromatic carbocycles. The lowest BCUT2D eigenvalue weighted by molar-refractivity contribution is 0.129. The molecule has 1 aliphatic carbocycles. The van der Waals surface area contributed by atoms with Crippen LogP contribution in [0.3, 0.4) is 0 Å². The SMILES string of the molecule is Cc1nc(-c2cccnc2)sc1-c1ccc2c(n1)/C(=N/OCc1ccc(Cl)nc1)CCC2. The molecule has 0 N–H and O–H groups in total. The Hall–Kier alpha value is -3.16. The van der Waals surface area contributed by atoms with Crippen LogP contribution >= 0.6 is 22.9 Å². The summed E-state index contributed by atoms with van der Waals surface area (Å²) in [6.45, 7) is 2.36. The molecule has 0 fully saturated rings. The van der Waals surface area contributed by atoms with Gasteiger partial charge in [0.1, 0.15) is 22.5 Å². The van der Waals surface area contributed by atoms with Crippen molar-refractivity contribution in [3.8, 4) is 21.1 Å². The van der Waals surface area contributed by atoms with E-state index >= 15 is 0 Å². The molecule has 0 amide bonds. The molecule has 4 aromatic rings. The predicted octanol–water partition coefficient (Wildman–Crippen LogP) is 5.88. The Kier molecular flexibility index (Phi) is 5.92. The molecule has 0 spiro atoms. The number of fused-ring (bicyclic) bond motifs is 1. The maximum Gasteiger partial charge on any atom is 0.143 e. The van der Waals surface area contributed by atoms with Crippen molar-refractivity contribution in [1.29, 1.82) is 0 Å². The second-order valence-corrected chi connectivity index (χ2v) is 8.92. The number of nitrogens with zero attached hydrogens (tertiary/aromatic N) is 5. The largest absolute Gasteiger partial charge is 0.391 e. The average molecular weight is 462 g/mol. The minimum absolute atomic E-state index is 0.338. The van der Waals surface area contributed by atoms with E-state index in [2.05, 4.69) is 27.3 Å². The zero-order valence-corrected chi connectivity index (χ0v) is 19.0. The minimum atomic E-state index is 0.338. The molecule has 0 saturated heterocycles. The monoisotopic (exact) mass is 461 g/mol. The highest BCUT2D eigenvalue weighted by Crippen LogP contribution is 2.35. The summed E-state index contributed by atoms with van der Waals surface area (Å²) < 4.78 is 0. The van der Waals surface area contributed by atoms with Gasteiger partial charge in [-0.25, -0.2) is 15.0 Å². The Morgan fingerprint density at radius 3 is 2.84 bits per heavy atom. The molecule has 6 nitrogen and oxygen atoms in total. The van der Waals surface area contributed by atoms with Gasteiger partial charge < -0.3 is 4.84 Å². The fraction of sp³-hybridized carbons (Fsp3) is 0.208. The highest BCUT2D eigenvalue weighted by molar-refractivity contribution is 7.18. The highest BCUT2D eigenvalue weighted by Gasteiger charge is 2.20. The Labute approximate surface area is 195 Å². The molecule has 8 heteroatoms. The topological polar surface area (TPSA) is 73.2 Å². The summed E-state index contributed by atoms with van der Waals surface area (Å²) in [4.78, 5) is 24.7. The number of aryl methyl sites for hydroxylation is 2. The molecule has 0 saturated carbocycles. The summed E-state index contributed by atoms with van der Waals surface area (Å²) >= 11 is 7.47. The van der Waals surface area contributed by atoms with Crippen molar-refractivity contribution in [3.05, 3.63) is 82.7 Å². The number of hydrogen-bond donors (Lipinski definition) is 0. The van der Waals surface area contributed by atoms with E-state index < -0.39 is 0 Å². The lowest BCUT2D eigenvalue weighted by atomic mass is 9.94. The average Bonchev–Trinajstić information content (AvgIpc) is 3.22. The third-order valence-corrected chi connectivity index (χ3v) is 6.70. The highest BCUT2D eigenvalue weighted by atomic mass is 35.5. The van der Waals surface area contributed by atoms with E-state index in [1.165, 1.54) is 5.56 Å². The van der Waals surface area contributed by atoms with Gasteiger partial charge in [0.15, 0.2) is 0 Å². The van der Waals surface area contributed by atoms with Crippen LogP contribution in [-0.4, -0.2) is 25.6 Å². The first-order chi connectivity index (χ1) is 15.7. The van der Waals surface area contributed by atoms with Gasteiger partial charge in [-0.3, -0.25) is 4.98 Å². The molecule has 160 valence electrons. The maximum absolute atomic E-state index is 5.84. The van der Waals surface area contributed by atoms with Gasteiger partial charge in [0.2, 0.25) is 0 Å². The number of oxime groups is 1. The van der Waals surface area contributed by atoms with Gasteiger partial charge in [-0.15, -0.1) is 11.3 Å². The molecule has 32 heavy (non-hydrogen) atoms. The second kappa shape index (κ2) is 9.14. The molecular weight excluding hydrogens is 442 g/mol. The van der Waals surface area contributed by atoms with Gasteiger partial charge >= 0.3 is 0 Å². The smallest absolute Gasteiger partial charge is 0.143 e. The molecule has 0 unspecified atom stereocenters. The molecule has 0 bridgehead atoms. The molecule has 0 radical (unpaired) electrons. The Balaban J connectivity index is 1.42. The van der Waals surface area contributed by atoms with Crippen LogP contribution in [0.1, 0.15) is 35.4 Å². The normalized spacial score (nSPS) is 14.4. The van der Waals surface area contributed by atoms with Crippen molar-refractivity contribution in [2.45, 2.75) is 32.8 Å². The van der Waals surface area contributed by atoms with Crippen LogP contribution in [0, 0.1) is 6.92 Å². The zero-order chi connectivity index (χ0) is 21.9. The van der Waals surface area contributed by atoms with Crippen LogP contribution in [-0.2, 0) is 17.9 Å². The number of halogens is 1. The van der Waals surface area contributed by atoms with Gasteiger partial charge in [-0.1, -0.05) is 28.9 Å². The lowest BCUT2D eigenvalue weighted by Gasteiger charge is -2.17. The Morgan fingerprint density at radius 1 is 1.09 bits per heavy atom. The molecule has 4 heterocycles. The third-order valence-electron chi connectivity index (χ3n) is 5.24. The van der Waals surface area contributed by atoms with Crippen molar-refractivity contribution in [1.82, 2.24) is 19.9 Å². The van der Waals surface area contributed by atoms with Crippen molar-refractivity contribution in [2.24, 2.45) is 5.16 Å². The molecule has 5 rings (SSSR count). The van der Waals surface area contributed by atoms with Crippen molar-refractivity contribution in [2.75, 3.05) is 0 Å². The van der Waals surface area contributed by atoms with Crippen LogP contribution in [0.2, 0.25) is 5.15 Å². The Morgan fingerprint density at radius 2 is 2.03 bits per heavy atom. The van der Waals surface area contributed by atoms with Gasteiger partial charge in [0.05, 0.1) is 22.0 Å². The first kappa shape index (κ1) is 20.7. The maximum atomic E-state index is 5.84. The molecule has 0 aliphatic heterocycles. The summed E-state index contributed by atoms with van der Waals surface area (Å²) in [6.07, 6.45) is 8.16. The fourth-order valence-electron chi connectivity index (χ4n) is 3.64. The molecule has 4 aromatic heterocycles. The third kappa shape index (κ3) is 4.40. The van der Waals surface area contributed by atoms with Crippen LogP contribution in [0.25, 0.3) is 21.1 Å². The van der Waals surface area contributed by atoms with E-state index in [1.807, 2.05) is 31.3 Å². The predicted molar refractivity (Wildman–Crippen MR) is 127 cm³/mol. The number of rotatable bonds is 5. The zero-order valence-electron chi connectivity index (χ0n) is 17.5. The van der Waals surface area contributed by atoms with Gasteiger partial charge in [0, 0.05) is 29.7 Å². The molecular formula is C24H20ClN5OS. The first-order valence-electron chi connectivity index (χ1n) is 10.3. The summed E-state index contributed by atoms with van der Waals surface area (Å²) in [5.41, 5.74) is 6.79. The fourth-order valence-corrected chi connectivity index (χ4v) is 4.78. The number of aromatic nitrogens is 4. The first-order valence-corrected chi connectivity index (χ1v) is 11.5. The van der Waals surface area contributed by atoms with Gasteiger partial charge in [0.25, 0.3) is 0 Å². The van der Waals surface area contributed by atoms with E-state index in [0.717, 1.165) is 63.1 Å². The Bertz CT molecular complexity index is 1270. The van der Waals surface area contributed by atoms with E-state index in [0.29, 0.717) is 11.8 Å². The van der Waals surface area contributed by atoms with E-state index in [4.69, 9.17) is 26.4 Å². The van der Waals surface area contributed by atoms with Crippen molar-refractivity contribution < 1.29 is 4.84 Å². The van der Waals surface area contributed by atoms with Crippen LogP contribution in [0.5, 0.6) is 0 Å². The number of pyridine rings is 3. The van der Waals surface area contributed by atoms with Gasteiger partial charge in [-0.05, 0) is 56.0 Å². The van der Waals surface area contributed by atoms with E-state index in [-0.39, 0.29) is 0 Å². The summed E-state index contributed by atoms with van der Waals surface area (Å²) in [7, 11) is 0. The van der Waals surface area contributed by atoms with Crippen LogP contribution in [0.4, 0.5) is 0 Å². The quantitative estimate of drug-likeness (QED) is 0.274. The summed E-state index contributed by atoms with van der Waals surface area (Å²) in [5, 5.41) is 5.83. The summed E-state index contributed by atoms with van der Waals surface area (Å²) in [6, 6.07) is 11.8. The number of hydrogen-bond acceptors (Lipinski definition) is 7. The second-order valence-electron chi connectivity index (χ2n) is 7.53. The lowest BCUT2D eigenvalue weighted by Crippen LogP contribution is -2.15. The van der Waals surface area contributed by atoms with Gasteiger partial charge in [-0.2, -0.15) is 0 Å². The number of thiazole rings is 1. The minimum Gasteiger partial charge on any atom is -0.391 e. The molecule has 0 atom stereocenters.